The minimum atomic E-state index is -3.80. The van der Waals surface area contributed by atoms with Gasteiger partial charge in [0.25, 0.3) is 5.91 Å². The van der Waals surface area contributed by atoms with Crippen molar-refractivity contribution < 1.29 is 17.6 Å². The second-order valence-corrected chi connectivity index (χ2v) is 9.16. The number of sulfonamides is 1. The van der Waals surface area contributed by atoms with Crippen LogP contribution in [0.25, 0.3) is 0 Å². The Kier molecular flexibility index (Phi) is 7.93. The van der Waals surface area contributed by atoms with Gasteiger partial charge < -0.3 is 5.32 Å². The fourth-order valence-electron chi connectivity index (χ4n) is 2.92. The van der Waals surface area contributed by atoms with Crippen molar-refractivity contribution in [1.82, 2.24) is 4.31 Å². The number of anilines is 1. The normalized spacial score (nSPS) is 11.8. The average Bonchev–Trinajstić information content (AvgIpc) is 2.68. The van der Waals surface area contributed by atoms with Crippen LogP contribution in [-0.2, 0) is 10.0 Å². The standard InChI is InChI=1S/C22H29FN2O3S/c1-5-7-14-25(6-2)29(27,28)19-12-13-21(23)20(15-19)22(26)24-18-10-8-17(9-11-18)16(3)4/h8-13,15-16H,5-7,14H2,1-4H3,(H,24,26). The maximum Gasteiger partial charge on any atom is 0.258 e. The molecular formula is C22H29FN2O3S. The van der Waals surface area contributed by atoms with Crippen LogP contribution in [0, 0.1) is 5.82 Å². The van der Waals surface area contributed by atoms with Crippen molar-refractivity contribution in [2.75, 3.05) is 18.4 Å². The van der Waals surface area contributed by atoms with Gasteiger partial charge >= 0.3 is 0 Å². The van der Waals surface area contributed by atoms with Crippen molar-refractivity contribution in [1.29, 1.82) is 0 Å². The third kappa shape index (κ3) is 5.64. The molecule has 2 aromatic rings. The number of nitrogens with zero attached hydrogens (tertiary/aromatic N) is 1. The zero-order valence-corrected chi connectivity index (χ0v) is 18.2. The van der Waals surface area contributed by atoms with Crippen LogP contribution in [0.1, 0.15) is 62.4 Å². The third-order valence-corrected chi connectivity index (χ3v) is 6.74. The molecule has 0 aliphatic carbocycles. The second-order valence-electron chi connectivity index (χ2n) is 7.22. The van der Waals surface area contributed by atoms with Gasteiger partial charge in [-0.25, -0.2) is 12.8 Å². The first kappa shape index (κ1) is 23.0. The van der Waals surface area contributed by atoms with Crippen molar-refractivity contribution in [2.24, 2.45) is 0 Å². The molecule has 0 saturated heterocycles. The third-order valence-electron chi connectivity index (χ3n) is 4.77. The first-order chi connectivity index (χ1) is 13.7. The van der Waals surface area contributed by atoms with Crippen molar-refractivity contribution in [3.05, 3.63) is 59.4 Å². The molecule has 0 radical (unpaired) electrons. The van der Waals surface area contributed by atoms with E-state index in [4.69, 9.17) is 0 Å². The molecule has 0 spiro atoms. The van der Waals surface area contributed by atoms with Crippen molar-refractivity contribution >= 4 is 21.6 Å². The molecule has 0 fully saturated rings. The quantitative estimate of drug-likeness (QED) is 0.620. The van der Waals surface area contributed by atoms with Gasteiger partial charge in [-0.2, -0.15) is 4.31 Å². The fourth-order valence-corrected chi connectivity index (χ4v) is 4.43. The lowest BCUT2D eigenvalue weighted by atomic mass is 10.0. The number of nitrogens with one attached hydrogen (secondary N) is 1. The zero-order valence-electron chi connectivity index (χ0n) is 17.4. The number of halogens is 1. The lowest BCUT2D eigenvalue weighted by Crippen LogP contribution is -2.32. The number of carbonyl (C=O) groups excluding carboxylic acids is 1. The molecule has 0 heterocycles. The van der Waals surface area contributed by atoms with E-state index in [0.29, 0.717) is 24.7 Å². The summed E-state index contributed by atoms with van der Waals surface area (Å²) in [5.41, 5.74) is 1.34. The number of hydrogen-bond acceptors (Lipinski definition) is 3. The Morgan fingerprint density at radius 2 is 1.76 bits per heavy atom. The molecule has 0 atom stereocenters. The van der Waals surface area contributed by atoms with Crippen molar-refractivity contribution in [3.8, 4) is 0 Å². The molecule has 29 heavy (non-hydrogen) atoms. The maximum atomic E-state index is 14.3. The molecule has 0 bridgehead atoms. The Morgan fingerprint density at radius 3 is 2.31 bits per heavy atom. The molecular weight excluding hydrogens is 391 g/mol. The first-order valence-electron chi connectivity index (χ1n) is 9.91. The summed E-state index contributed by atoms with van der Waals surface area (Å²) in [6.45, 7) is 8.56. The van der Waals surface area contributed by atoms with Gasteiger partial charge in [0.2, 0.25) is 10.0 Å². The Morgan fingerprint density at radius 1 is 1.10 bits per heavy atom. The molecule has 1 N–H and O–H groups in total. The second kappa shape index (κ2) is 9.98. The molecule has 2 aromatic carbocycles. The first-order valence-corrected chi connectivity index (χ1v) is 11.4. The predicted molar refractivity (Wildman–Crippen MR) is 114 cm³/mol. The minimum Gasteiger partial charge on any atom is -0.322 e. The van der Waals surface area contributed by atoms with E-state index in [0.717, 1.165) is 30.5 Å². The highest BCUT2D eigenvalue weighted by molar-refractivity contribution is 7.89. The van der Waals surface area contributed by atoms with Crippen LogP contribution in [0.15, 0.2) is 47.4 Å². The number of amides is 1. The van der Waals surface area contributed by atoms with Crippen LogP contribution < -0.4 is 5.32 Å². The molecule has 0 aromatic heterocycles. The van der Waals surface area contributed by atoms with Gasteiger partial charge in [0.05, 0.1) is 10.5 Å². The maximum absolute atomic E-state index is 14.3. The molecule has 1 amide bonds. The summed E-state index contributed by atoms with van der Waals surface area (Å²) in [5.74, 6) is -1.10. The number of rotatable bonds is 9. The van der Waals surface area contributed by atoms with E-state index in [1.54, 1.807) is 19.1 Å². The highest BCUT2D eigenvalue weighted by Gasteiger charge is 2.25. The van der Waals surface area contributed by atoms with Gasteiger partial charge in [0.1, 0.15) is 5.82 Å². The summed E-state index contributed by atoms with van der Waals surface area (Å²) < 4.78 is 41.4. The fraction of sp³-hybridized carbons (Fsp3) is 0.409. The van der Waals surface area contributed by atoms with Gasteiger partial charge in [0.15, 0.2) is 0 Å². The molecule has 5 nitrogen and oxygen atoms in total. The summed E-state index contributed by atoms with van der Waals surface area (Å²) in [6, 6.07) is 10.6. The number of carbonyl (C=O) groups is 1. The predicted octanol–water partition coefficient (Wildman–Crippen LogP) is 5.01. The van der Waals surface area contributed by atoms with Gasteiger partial charge in [-0.1, -0.05) is 46.2 Å². The van der Waals surface area contributed by atoms with E-state index in [2.05, 4.69) is 19.2 Å². The summed E-state index contributed by atoms with van der Waals surface area (Å²) in [5, 5.41) is 2.63. The molecule has 0 saturated carbocycles. The highest BCUT2D eigenvalue weighted by atomic mass is 32.2. The monoisotopic (exact) mass is 420 g/mol. The lowest BCUT2D eigenvalue weighted by Gasteiger charge is -2.20. The van der Waals surface area contributed by atoms with Gasteiger partial charge in [0, 0.05) is 18.8 Å². The van der Waals surface area contributed by atoms with Crippen LogP contribution in [0.5, 0.6) is 0 Å². The Hall–Kier alpha value is -2.25. The number of benzene rings is 2. The molecule has 7 heteroatoms. The zero-order chi connectivity index (χ0) is 21.6. The minimum absolute atomic E-state index is 0.0860. The van der Waals surface area contributed by atoms with Gasteiger partial charge in [-0.3, -0.25) is 4.79 Å². The molecule has 158 valence electrons. The van der Waals surface area contributed by atoms with Crippen molar-refractivity contribution in [3.63, 3.8) is 0 Å². The summed E-state index contributed by atoms with van der Waals surface area (Å²) >= 11 is 0. The van der Waals surface area contributed by atoms with Crippen LogP contribution >= 0.6 is 0 Å². The van der Waals surface area contributed by atoms with Gasteiger partial charge in [-0.15, -0.1) is 0 Å². The van der Waals surface area contributed by atoms with E-state index >= 15 is 0 Å². The lowest BCUT2D eigenvalue weighted by molar-refractivity contribution is 0.102. The van der Waals surface area contributed by atoms with E-state index in [1.807, 2.05) is 19.1 Å². The SMILES string of the molecule is CCCCN(CC)S(=O)(=O)c1ccc(F)c(C(=O)Nc2ccc(C(C)C)cc2)c1. The summed E-state index contributed by atoms with van der Waals surface area (Å²) in [7, 11) is -3.80. The highest BCUT2D eigenvalue weighted by Crippen LogP contribution is 2.22. The largest absolute Gasteiger partial charge is 0.322 e. The number of hydrogen-bond donors (Lipinski definition) is 1. The molecule has 2 rings (SSSR count). The van der Waals surface area contributed by atoms with E-state index in [-0.39, 0.29) is 10.5 Å². The van der Waals surface area contributed by atoms with Crippen LogP contribution in [-0.4, -0.2) is 31.7 Å². The summed E-state index contributed by atoms with van der Waals surface area (Å²) in [6.07, 6.45) is 1.59. The van der Waals surface area contributed by atoms with E-state index in [9.17, 15) is 17.6 Å². The summed E-state index contributed by atoms with van der Waals surface area (Å²) in [4.78, 5) is 12.5. The van der Waals surface area contributed by atoms with E-state index < -0.39 is 21.7 Å². The molecule has 0 unspecified atom stereocenters. The Labute approximate surface area is 173 Å². The van der Waals surface area contributed by atoms with Crippen LogP contribution in [0.3, 0.4) is 0 Å². The molecule has 0 aliphatic heterocycles. The van der Waals surface area contributed by atoms with Crippen molar-refractivity contribution in [2.45, 2.75) is 51.3 Å². The Bertz CT molecular complexity index is 941. The smallest absolute Gasteiger partial charge is 0.258 e. The van der Waals surface area contributed by atoms with Crippen LogP contribution in [0.2, 0.25) is 0 Å². The Balaban J connectivity index is 2.28. The number of unbranched alkanes of at least 4 members (excludes halogenated alkanes) is 1. The topological polar surface area (TPSA) is 66.5 Å². The average molecular weight is 421 g/mol. The van der Waals surface area contributed by atoms with Crippen LogP contribution in [0.4, 0.5) is 10.1 Å². The van der Waals surface area contributed by atoms with Gasteiger partial charge in [-0.05, 0) is 48.2 Å². The van der Waals surface area contributed by atoms with E-state index in [1.165, 1.54) is 10.4 Å². The molecule has 0 aliphatic rings.